The summed E-state index contributed by atoms with van der Waals surface area (Å²) in [5, 5.41) is 11.4. The Balaban J connectivity index is 1.73. The quantitative estimate of drug-likeness (QED) is 0.440. The maximum atomic E-state index is 12.3. The molecular weight excluding hydrogens is 416 g/mol. The average Bonchev–Trinajstić information content (AvgIpc) is 3.10. The molecule has 33 heavy (non-hydrogen) atoms. The Bertz CT molecular complexity index is 1030. The summed E-state index contributed by atoms with van der Waals surface area (Å²) >= 11 is 0. The Kier molecular flexibility index (Phi) is 7.79. The number of fused-ring (bicyclic) bond motifs is 1. The third-order valence-electron chi connectivity index (χ3n) is 6.11. The molecular formula is C25H39N6O2+. The van der Waals surface area contributed by atoms with E-state index in [4.69, 9.17) is 15.9 Å². The smallest absolute Gasteiger partial charge is 0.410 e. The molecule has 1 aromatic carbocycles. The number of aromatic nitrogens is 2. The fourth-order valence-corrected chi connectivity index (χ4v) is 4.47. The third-order valence-corrected chi connectivity index (χ3v) is 6.11. The zero-order valence-corrected chi connectivity index (χ0v) is 20.6. The molecule has 1 amide bonds. The van der Waals surface area contributed by atoms with Crippen molar-refractivity contribution in [1.29, 1.82) is 5.41 Å². The van der Waals surface area contributed by atoms with Crippen molar-refractivity contribution in [1.82, 2.24) is 14.8 Å². The van der Waals surface area contributed by atoms with Gasteiger partial charge in [0.2, 0.25) is 0 Å². The predicted octanol–water partition coefficient (Wildman–Crippen LogP) is 3.41. The van der Waals surface area contributed by atoms with Crippen LogP contribution in [0.4, 0.5) is 4.79 Å². The van der Waals surface area contributed by atoms with Gasteiger partial charge in [-0.3, -0.25) is 0 Å². The second-order valence-electron chi connectivity index (χ2n) is 9.46. The van der Waals surface area contributed by atoms with Gasteiger partial charge in [0.05, 0.1) is 19.6 Å². The number of nitrogens with two attached hydrogens (primary N) is 1. The lowest BCUT2D eigenvalue weighted by molar-refractivity contribution is -0.676. The van der Waals surface area contributed by atoms with Crippen LogP contribution in [-0.4, -0.2) is 46.5 Å². The van der Waals surface area contributed by atoms with Gasteiger partial charge >= 0.3 is 6.09 Å². The largest absolute Gasteiger partial charge is 0.444 e. The fourth-order valence-electron chi connectivity index (χ4n) is 4.47. The number of rotatable bonds is 7. The topological polar surface area (TPSA) is 100 Å². The van der Waals surface area contributed by atoms with Crippen LogP contribution in [0, 0.1) is 5.41 Å². The van der Waals surface area contributed by atoms with Gasteiger partial charge in [-0.15, -0.1) is 0 Å². The standard InChI is InChI=1S/C25H39N6O2/c1-6-30-21-9-8-18(14-22(21)31(7-2)23(30)16-27)19(15-26)17-28-20-10-12-29(13-11-20)24(32)33-25(3,4)5/h8-9,14-15,17,20,26,28H,6-7,10-13,16,27H2,1-5H3/q+1/b19-17+,26-15?. The number of nitrogens with one attached hydrogen (secondary N) is 2. The number of likely N-dealkylation sites (tertiary alicyclic amines) is 1. The van der Waals surface area contributed by atoms with E-state index in [0.717, 1.165) is 53.9 Å². The minimum atomic E-state index is -0.478. The average molecular weight is 456 g/mol. The zero-order chi connectivity index (χ0) is 24.2. The molecule has 2 aromatic rings. The van der Waals surface area contributed by atoms with Gasteiger partial charge in [0.15, 0.2) is 11.0 Å². The summed E-state index contributed by atoms with van der Waals surface area (Å²) in [7, 11) is 0. The van der Waals surface area contributed by atoms with Crippen LogP contribution in [0.1, 0.15) is 58.8 Å². The lowest BCUT2D eigenvalue weighted by Crippen LogP contribution is -2.45. The van der Waals surface area contributed by atoms with Gasteiger partial charge in [-0.25, -0.2) is 13.9 Å². The van der Waals surface area contributed by atoms with E-state index in [2.05, 4.69) is 46.5 Å². The number of benzene rings is 1. The Morgan fingerprint density at radius 3 is 2.55 bits per heavy atom. The first-order valence-electron chi connectivity index (χ1n) is 11.9. The van der Waals surface area contributed by atoms with Gasteiger partial charge in [-0.1, -0.05) is 0 Å². The highest BCUT2D eigenvalue weighted by atomic mass is 16.6. The number of allylic oxidation sites excluding steroid dienone is 1. The van der Waals surface area contributed by atoms with Crippen LogP contribution in [0.15, 0.2) is 24.4 Å². The molecule has 8 nitrogen and oxygen atoms in total. The van der Waals surface area contributed by atoms with E-state index < -0.39 is 5.60 Å². The molecule has 0 atom stereocenters. The number of imidazole rings is 1. The van der Waals surface area contributed by atoms with Gasteiger partial charge in [-0.2, -0.15) is 0 Å². The van der Waals surface area contributed by atoms with Crippen molar-refractivity contribution in [2.45, 2.75) is 78.7 Å². The van der Waals surface area contributed by atoms with Gasteiger partial charge in [-0.05, 0) is 71.2 Å². The Labute approximate surface area is 196 Å². The predicted molar refractivity (Wildman–Crippen MR) is 132 cm³/mol. The molecule has 0 spiro atoms. The second-order valence-corrected chi connectivity index (χ2v) is 9.46. The van der Waals surface area contributed by atoms with Crippen LogP contribution in [0.5, 0.6) is 0 Å². The molecule has 4 N–H and O–H groups in total. The first-order valence-corrected chi connectivity index (χ1v) is 11.9. The fraction of sp³-hybridized carbons (Fsp3) is 0.560. The lowest BCUT2D eigenvalue weighted by Gasteiger charge is -2.33. The molecule has 1 aliphatic heterocycles. The van der Waals surface area contributed by atoms with Gasteiger partial charge < -0.3 is 26.1 Å². The summed E-state index contributed by atoms with van der Waals surface area (Å²) in [6.45, 7) is 13.4. The minimum Gasteiger partial charge on any atom is -0.444 e. The summed E-state index contributed by atoms with van der Waals surface area (Å²) in [5.74, 6) is 1.11. The van der Waals surface area contributed by atoms with Crippen molar-refractivity contribution < 1.29 is 14.1 Å². The summed E-state index contributed by atoms with van der Waals surface area (Å²) < 4.78 is 9.99. The zero-order valence-electron chi connectivity index (χ0n) is 20.6. The van der Waals surface area contributed by atoms with Crippen molar-refractivity contribution in [2.24, 2.45) is 5.73 Å². The monoisotopic (exact) mass is 455 g/mol. The van der Waals surface area contributed by atoms with Gasteiger partial charge in [0, 0.05) is 37.1 Å². The normalized spacial score (nSPS) is 15.7. The Morgan fingerprint density at radius 1 is 1.30 bits per heavy atom. The minimum absolute atomic E-state index is 0.245. The van der Waals surface area contributed by atoms with E-state index in [1.807, 2.05) is 27.0 Å². The number of piperidine rings is 1. The lowest BCUT2D eigenvalue weighted by atomic mass is 10.0. The summed E-state index contributed by atoms with van der Waals surface area (Å²) in [6.07, 6.45) is 4.76. The second kappa shape index (κ2) is 10.4. The van der Waals surface area contributed by atoms with E-state index in [9.17, 15) is 4.79 Å². The highest BCUT2D eigenvalue weighted by Gasteiger charge is 2.27. The van der Waals surface area contributed by atoms with Crippen LogP contribution in [0.25, 0.3) is 16.6 Å². The summed E-state index contributed by atoms with van der Waals surface area (Å²) in [5.41, 5.74) is 9.69. The molecule has 1 aliphatic rings. The number of carbonyl (C=O) groups excluding carboxylic acids is 1. The molecule has 0 aliphatic carbocycles. The van der Waals surface area contributed by atoms with Crippen LogP contribution >= 0.6 is 0 Å². The van der Waals surface area contributed by atoms with E-state index in [1.54, 1.807) is 4.90 Å². The van der Waals surface area contributed by atoms with Crippen molar-refractivity contribution in [3.8, 4) is 0 Å². The van der Waals surface area contributed by atoms with Crippen molar-refractivity contribution in [3.63, 3.8) is 0 Å². The Morgan fingerprint density at radius 2 is 2.00 bits per heavy atom. The number of hydrogen-bond donors (Lipinski definition) is 3. The molecule has 0 unspecified atom stereocenters. The first kappa shape index (κ1) is 24.8. The van der Waals surface area contributed by atoms with Crippen LogP contribution < -0.4 is 15.6 Å². The van der Waals surface area contributed by atoms with Crippen LogP contribution in [0.2, 0.25) is 0 Å². The van der Waals surface area contributed by atoms with Crippen molar-refractivity contribution in [2.75, 3.05) is 13.1 Å². The van der Waals surface area contributed by atoms with Gasteiger partial charge in [0.1, 0.15) is 5.60 Å². The molecule has 180 valence electrons. The van der Waals surface area contributed by atoms with Crippen molar-refractivity contribution >= 4 is 28.9 Å². The van der Waals surface area contributed by atoms with Crippen LogP contribution in [-0.2, 0) is 24.4 Å². The molecule has 1 aromatic heterocycles. The number of nitrogens with zero attached hydrogens (tertiary/aromatic N) is 3. The maximum absolute atomic E-state index is 12.3. The number of carbonyl (C=O) groups is 1. The van der Waals surface area contributed by atoms with E-state index in [-0.39, 0.29) is 12.1 Å². The number of hydrogen-bond acceptors (Lipinski definition) is 5. The number of ether oxygens (including phenoxy) is 1. The van der Waals surface area contributed by atoms with Gasteiger partial charge in [0.25, 0.3) is 5.82 Å². The Hall–Kier alpha value is -2.87. The summed E-state index contributed by atoms with van der Waals surface area (Å²) in [4.78, 5) is 14.0. The number of aryl methyl sites for hydroxylation is 2. The molecule has 3 rings (SSSR count). The summed E-state index contributed by atoms with van der Waals surface area (Å²) in [6, 6.07) is 6.59. The molecule has 0 saturated carbocycles. The third kappa shape index (κ3) is 5.55. The molecule has 0 bridgehead atoms. The van der Waals surface area contributed by atoms with E-state index in [1.165, 1.54) is 6.21 Å². The van der Waals surface area contributed by atoms with Crippen LogP contribution in [0.3, 0.4) is 0 Å². The van der Waals surface area contributed by atoms with Crippen molar-refractivity contribution in [3.05, 3.63) is 35.8 Å². The van der Waals surface area contributed by atoms with E-state index in [0.29, 0.717) is 19.6 Å². The molecule has 1 saturated heterocycles. The molecule has 1 fully saturated rings. The first-order chi connectivity index (χ1) is 15.7. The van der Waals surface area contributed by atoms with E-state index >= 15 is 0 Å². The molecule has 2 heterocycles. The number of amides is 1. The highest BCUT2D eigenvalue weighted by Crippen LogP contribution is 2.22. The molecule has 0 radical (unpaired) electrons. The molecule has 8 heteroatoms. The highest BCUT2D eigenvalue weighted by molar-refractivity contribution is 6.09. The SMILES string of the molecule is CCn1c(CN)[n+](CC)c2ccc(/C(C=N)=C/NC3CCN(C(=O)OC(C)(C)C)CC3)cc21. The maximum Gasteiger partial charge on any atom is 0.410 e.